The van der Waals surface area contributed by atoms with Crippen molar-refractivity contribution in [2.24, 2.45) is 10.7 Å². The first-order valence-corrected chi connectivity index (χ1v) is 9.72. The summed E-state index contributed by atoms with van der Waals surface area (Å²) in [7, 11) is 0. The summed E-state index contributed by atoms with van der Waals surface area (Å²) in [4.78, 5) is 7.13. The van der Waals surface area contributed by atoms with Crippen LogP contribution in [0.2, 0.25) is 0 Å². The van der Waals surface area contributed by atoms with Crippen LogP contribution >= 0.6 is 24.0 Å². The number of guanidine groups is 1. The highest BCUT2D eigenvalue weighted by atomic mass is 127. The van der Waals surface area contributed by atoms with E-state index >= 15 is 0 Å². The number of anilines is 1. The summed E-state index contributed by atoms with van der Waals surface area (Å²) in [6.45, 7) is 2.99. The molecular formula is C20H33IN4. The van der Waals surface area contributed by atoms with E-state index in [0.29, 0.717) is 18.5 Å². The Morgan fingerprint density at radius 3 is 2.36 bits per heavy atom. The molecule has 0 spiro atoms. The molecule has 0 aromatic heterocycles. The van der Waals surface area contributed by atoms with Gasteiger partial charge < -0.3 is 16.0 Å². The van der Waals surface area contributed by atoms with Crippen LogP contribution in [0, 0.1) is 0 Å². The minimum absolute atomic E-state index is 0. The maximum absolute atomic E-state index is 6.16. The van der Waals surface area contributed by atoms with E-state index in [2.05, 4.69) is 39.5 Å². The minimum atomic E-state index is 0. The largest absolute Gasteiger partial charge is 0.371 e. The van der Waals surface area contributed by atoms with E-state index in [-0.39, 0.29) is 24.0 Å². The highest BCUT2D eigenvalue weighted by Gasteiger charge is 2.15. The molecule has 1 saturated heterocycles. The Labute approximate surface area is 169 Å². The van der Waals surface area contributed by atoms with Crippen LogP contribution in [-0.2, 0) is 6.54 Å². The molecule has 2 fully saturated rings. The summed E-state index contributed by atoms with van der Waals surface area (Å²) in [6, 6.07) is 9.16. The fraction of sp³-hybridized carbons (Fsp3) is 0.650. The lowest BCUT2D eigenvalue weighted by molar-refractivity contribution is 0.530. The monoisotopic (exact) mass is 456 g/mol. The van der Waals surface area contributed by atoms with Crippen molar-refractivity contribution < 1.29 is 0 Å². The van der Waals surface area contributed by atoms with Crippen molar-refractivity contribution in [1.82, 2.24) is 5.32 Å². The van der Waals surface area contributed by atoms with Gasteiger partial charge in [0.05, 0.1) is 6.54 Å². The number of hydrogen-bond acceptors (Lipinski definition) is 2. The number of nitrogens with one attached hydrogen (secondary N) is 1. The third-order valence-corrected chi connectivity index (χ3v) is 5.32. The second-order valence-corrected chi connectivity index (χ2v) is 7.21. The number of benzene rings is 1. The van der Waals surface area contributed by atoms with Gasteiger partial charge in [-0.1, -0.05) is 43.9 Å². The lowest BCUT2D eigenvalue weighted by Gasteiger charge is -2.30. The lowest BCUT2D eigenvalue weighted by Crippen LogP contribution is -2.39. The SMILES string of the molecule is I.NC(=NCc1ccccc1N1CCCCC1)NC1CCCCCC1. The molecule has 1 aromatic carbocycles. The third-order valence-electron chi connectivity index (χ3n) is 5.32. The highest BCUT2D eigenvalue weighted by Crippen LogP contribution is 2.24. The van der Waals surface area contributed by atoms with Gasteiger partial charge in [0.15, 0.2) is 5.96 Å². The maximum Gasteiger partial charge on any atom is 0.189 e. The van der Waals surface area contributed by atoms with Crippen LogP contribution in [0.5, 0.6) is 0 Å². The van der Waals surface area contributed by atoms with Crippen molar-refractivity contribution in [2.75, 3.05) is 18.0 Å². The van der Waals surface area contributed by atoms with Gasteiger partial charge in [-0.25, -0.2) is 4.99 Å². The molecule has 1 heterocycles. The van der Waals surface area contributed by atoms with Gasteiger partial charge in [-0.05, 0) is 43.7 Å². The van der Waals surface area contributed by atoms with E-state index in [1.807, 2.05) is 0 Å². The smallest absolute Gasteiger partial charge is 0.189 e. The normalized spacial score (nSPS) is 19.8. The molecule has 0 unspecified atom stereocenters. The number of rotatable bonds is 4. The first-order chi connectivity index (χ1) is 11.8. The average Bonchev–Trinajstić information content (AvgIpc) is 2.90. The Kier molecular flexibility index (Phi) is 8.85. The predicted octanol–water partition coefficient (Wildman–Crippen LogP) is 4.42. The van der Waals surface area contributed by atoms with E-state index in [0.717, 1.165) is 13.1 Å². The molecule has 1 aliphatic heterocycles. The van der Waals surface area contributed by atoms with Crippen molar-refractivity contribution in [3.8, 4) is 0 Å². The number of piperidine rings is 1. The topological polar surface area (TPSA) is 53.6 Å². The fourth-order valence-electron chi connectivity index (χ4n) is 3.94. The highest BCUT2D eigenvalue weighted by molar-refractivity contribution is 14.0. The zero-order valence-corrected chi connectivity index (χ0v) is 17.6. The first kappa shape index (κ1) is 20.3. The van der Waals surface area contributed by atoms with Crippen molar-refractivity contribution in [3.05, 3.63) is 29.8 Å². The first-order valence-electron chi connectivity index (χ1n) is 9.72. The molecule has 0 bridgehead atoms. The summed E-state index contributed by atoms with van der Waals surface area (Å²) < 4.78 is 0. The van der Waals surface area contributed by atoms with Gasteiger partial charge in [-0.3, -0.25) is 0 Å². The van der Waals surface area contributed by atoms with Gasteiger partial charge in [-0.15, -0.1) is 24.0 Å². The maximum atomic E-state index is 6.16. The summed E-state index contributed by atoms with van der Waals surface area (Å²) in [5.41, 5.74) is 8.78. The van der Waals surface area contributed by atoms with E-state index in [1.165, 1.54) is 69.0 Å². The number of nitrogens with two attached hydrogens (primary N) is 1. The van der Waals surface area contributed by atoms with Gasteiger partial charge in [-0.2, -0.15) is 0 Å². The Balaban J connectivity index is 0.00000225. The molecule has 140 valence electrons. The van der Waals surface area contributed by atoms with Crippen molar-refractivity contribution in [1.29, 1.82) is 0 Å². The molecule has 2 aliphatic rings. The average molecular weight is 456 g/mol. The van der Waals surface area contributed by atoms with Crippen LogP contribution in [-0.4, -0.2) is 25.1 Å². The van der Waals surface area contributed by atoms with Crippen LogP contribution < -0.4 is 16.0 Å². The Hall–Kier alpha value is -0.980. The Morgan fingerprint density at radius 2 is 1.64 bits per heavy atom. The molecule has 3 N–H and O–H groups in total. The minimum Gasteiger partial charge on any atom is -0.371 e. The molecule has 3 rings (SSSR count). The molecule has 0 atom stereocenters. The van der Waals surface area contributed by atoms with Gasteiger partial charge in [0, 0.05) is 24.8 Å². The van der Waals surface area contributed by atoms with Gasteiger partial charge in [0.25, 0.3) is 0 Å². The van der Waals surface area contributed by atoms with Crippen LogP contribution in [0.15, 0.2) is 29.3 Å². The molecule has 1 aliphatic carbocycles. The molecule has 0 radical (unpaired) electrons. The Morgan fingerprint density at radius 1 is 1.00 bits per heavy atom. The standard InChI is InChI=1S/C20H32N4.HI/c21-20(23-18-11-4-1-2-5-12-18)22-16-17-10-6-7-13-19(17)24-14-8-3-9-15-24;/h6-7,10,13,18H,1-5,8-9,11-12,14-16H2,(H3,21,22,23);1H. The number of para-hydroxylation sites is 1. The van der Waals surface area contributed by atoms with Crippen LogP contribution in [0.4, 0.5) is 5.69 Å². The fourth-order valence-corrected chi connectivity index (χ4v) is 3.94. The lowest BCUT2D eigenvalue weighted by atomic mass is 10.1. The van der Waals surface area contributed by atoms with Crippen molar-refractivity contribution in [3.63, 3.8) is 0 Å². The van der Waals surface area contributed by atoms with Crippen LogP contribution in [0.25, 0.3) is 0 Å². The molecule has 5 heteroatoms. The summed E-state index contributed by atoms with van der Waals surface area (Å²) in [5, 5.41) is 3.44. The molecular weight excluding hydrogens is 423 g/mol. The quantitative estimate of drug-likeness (QED) is 0.305. The van der Waals surface area contributed by atoms with Gasteiger partial charge in [0.1, 0.15) is 0 Å². The molecule has 1 saturated carbocycles. The molecule has 25 heavy (non-hydrogen) atoms. The summed E-state index contributed by atoms with van der Waals surface area (Å²) >= 11 is 0. The number of nitrogens with zero attached hydrogens (tertiary/aromatic N) is 2. The van der Waals surface area contributed by atoms with E-state index in [4.69, 9.17) is 5.73 Å². The van der Waals surface area contributed by atoms with Crippen LogP contribution in [0.1, 0.15) is 63.4 Å². The van der Waals surface area contributed by atoms with Gasteiger partial charge >= 0.3 is 0 Å². The second kappa shape index (κ2) is 10.9. The van der Waals surface area contributed by atoms with Gasteiger partial charge in [0.2, 0.25) is 0 Å². The van der Waals surface area contributed by atoms with E-state index in [9.17, 15) is 0 Å². The Bertz CT molecular complexity index is 532. The van der Waals surface area contributed by atoms with Crippen LogP contribution in [0.3, 0.4) is 0 Å². The molecule has 4 nitrogen and oxygen atoms in total. The van der Waals surface area contributed by atoms with E-state index < -0.39 is 0 Å². The zero-order chi connectivity index (χ0) is 16.6. The number of aliphatic imine (C=N–C) groups is 1. The van der Waals surface area contributed by atoms with Crippen molar-refractivity contribution in [2.45, 2.75) is 70.4 Å². The molecule has 1 aromatic rings. The predicted molar refractivity (Wildman–Crippen MR) is 118 cm³/mol. The summed E-state index contributed by atoms with van der Waals surface area (Å²) in [5.74, 6) is 0.607. The second-order valence-electron chi connectivity index (χ2n) is 7.21. The molecule has 0 amide bonds. The number of hydrogen-bond donors (Lipinski definition) is 2. The zero-order valence-electron chi connectivity index (χ0n) is 15.3. The summed E-state index contributed by atoms with van der Waals surface area (Å²) in [6.07, 6.45) is 11.7. The third kappa shape index (κ3) is 6.35. The number of halogens is 1. The van der Waals surface area contributed by atoms with Crippen molar-refractivity contribution >= 4 is 35.6 Å². The van der Waals surface area contributed by atoms with E-state index in [1.54, 1.807) is 0 Å².